The molecule has 0 atom stereocenters. The maximum Gasteiger partial charge on any atom is 0.252 e. The third kappa shape index (κ3) is 3.19. The normalized spacial score (nSPS) is 25.8. The van der Waals surface area contributed by atoms with Gasteiger partial charge in [0.2, 0.25) is 0 Å². The van der Waals surface area contributed by atoms with E-state index in [0.717, 1.165) is 36.8 Å². The summed E-state index contributed by atoms with van der Waals surface area (Å²) in [6.07, 6.45) is 3.50. The summed E-state index contributed by atoms with van der Waals surface area (Å²) in [6, 6.07) is 8.12. The first-order valence-corrected chi connectivity index (χ1v) is 7.26. The van der Waals surface area contributed by atoms with Gasteiger partial charge >= 0.3 is 0 Å². The SMILES string of the molecule is Cc1cc(C)cc(C(=O)NC2(C#N)CCC(C)CC2)c1. The fourth-order valence-corrected chi connectivity index (χ4v) is 2.91. The van der Waals surface area contributed by atoms with Gasteiger partial charge in [0.1, 0.15) is 5.54 Å². The molecule has 0 unspecified atom stereocenters. The summed E-state index contributed by atoms with van der Waals surface area (Å²) in [4.78, 5) is 12.4. The van der Waals surface area contributed by atoms with Gasteiger partial charge in [0.05, 0.1) is 6.07 Å². The van der Waals surface area contributed by atoms with E-state index in [2.05, 4.69) is 18.3 Å². The second-order valence-electron chi connectivity index (χ2n) is 6.21. The molecule has 0 aliphatic heterocycles. The summed E-state index contributed by atoms with van der Waals surface area (Å²) in [5.41, 5.74) is 2.11. The molecule has 106 valence electrons. The third-order valence-corrected chi connectivity index (χ3v) is 4.18. The molecule has 0 spiro atoms. The van der Waals surface area contributed by atoms with Crippen LogP contribution in [-0.2, 0) is 0 Å². The minimum atomic E-state index is -0.679. The van der Waals surface area contributed by atoms with Gasteiger partial charge in [-0.1, -0.05) is 24.1 Å². The maximum absolute atomic E-state index is 12.4. The zero-order chi connectivity index (χ0) is 14.8. The molecular weight excluding hydrogens is 248 g/mol. The van der Waals surface area contributed by atoms with Crippen LogP contribution in [0.15, 0.2) is 18.2 Å². The molecule has 1 aliphatic rings. The molecule has 1 aliphatic carbocycles. The van der Waals surface area contributed by atoms with E-state index >= 15 is 0 Å². The molecule has 1 fully saturated rings. The van der Waals surface area contributed by atoms with Crippen molar-refractivity contribution in [3.63, 3.8) is 0 Å². The fraction of sp³-hybridized carbons (Fsp3) is 0.529. The van der Waals surface area contributed by atoms with E-state index in [1.165, 1.54) is 0 Å². The van der Waals surface area contributed by atoms with Gasteiger partial charge in [0.15, 0.2) is 0 Å². The lowest BCUT2D eigenvalue weighted by atomic mass is 9.78. The van der Waals surface area contributed by atoms with Crippen LogP contribution in [-0.4, -0.2) is 11.4 Å². The number of nitrogens with zero attached hydrogens (tertiary/aromatic N) is 1. The van der Waals surface area contributed by atoms with Gasteiger partial charge in [0.25, 0.3) is 5.91 Å². The molecule has 3 nitrogen and oxygen atoms in total. The Morgan fingerprint density at radius 2 is 1.80 bits per heavy atom. The first-order valence-electron chi connectivity index (χ1n) is 7.26. The van der Waals surface area contributed by atoms with E-state index in [1.54, 1.807) is 0 Å². The van der Waals surface area contributed by atoms with Gasteiger partial charge in [-0.25, -0.2) is 0 Å². The highest BCUT2D eigenvalue weighted by Gasteiger charge is 2.35. The predicted octanol–water partition coefficient (Wildman–Crippen LogP) is 3.51. The number of carbonyl (C=O) groups excluding carboxylic acids is 1. The zero-order valence-corrected chi connectivity index (χ0v) is 12.5. The zero-order valence-electron chi connectivity index (χ0n) is 12.5. The number of rotatable bonds is 2. The molecule has 0 heterocycles. The van der Waals surface area contributed by atoms with Gasteiger partial charge in [-0.15, -0.1) is 0 Å². The van der Waals surface area contributed by atoms with Crippen molar-refractivity contribution in [1.82, 2.24) is 5.32 Å². The van der Waals surface area contributed by atoms with Crippen molar-refractivity contribution in [3.05, 3.63) is 34.9 Å². The number of hydrogen-bond acceptors (Lipinski definition) is 2. The minimum Gasteiger partial charge on any atom is -0.334 e. The van der Waals surface area contributed by atoms with E-state index in [4.69, 9.17) is 0 Å². The van der Waals surface area contributed by atoms with E-state index in [1.807, 2.05) is 32.0 Å². The van der Waals surface area contributed by atoms with Crippen LogP contribution in [0.3, 0.4) is 0 Å². The van der Waals surface area contributed by atoms with Crippen molar-refractivity contribution in [1.29, 1.82) is 5.26 Å². The molecule has 1 aromatic rings. The smallest absolute Gasteiger partial charge is 0.252 e. The summed E-state index contributed by atoms with van der Waals surface area (Å²) >= 11 is 0. The molecule has 20 heavy (non-hydrogen) atoms. The maximum atomic E-state index is 12.4. The number of hydrogen-bond donors (Lipinski definition) is 1. The lowest BCUT2D eigenvalue weighted by Gasteiger charge is -2.34. The van der Waals surface area contributed by atoms with Gasteiger partial charge < -0.3 is 5.32 Å². The monoisotopic (exact) mass is 270 g/mol. The first kappa shape index (κ1) is 14.6. The molecule has 1 saturated carbocycles. The summed E-state index contributed by atoms with van der Waals surface area (Å²) in [5, 5.41) is 12.4. The second-order valence-corrected chi connectivity index (χ2v) is 6.21. The molecule has 1 aromatic carbocycles. The van der Waals surface area contributed by atoms with E-state index in [-0.39, 0.29) is 5.91 Å². The molecular formula is C17H22N2O. The molecule has 1 amide bonds. The number of nitriles is 1. The topological polar surface area (TPSA) is 52.9 Å². The Bertz CT molecular complexity index is 528. The van der Waals surface area contributed by atoms with Crippen LogP contribution in [0.4, 0.5) is 0 Å². The lowest BCUT2D eigenvalue weighted by molar-refractivity contribution is 0.0893. The Labute approximate surface area is 121 Å². The van der Waals surface area contributed by atoms with Crippen LogP contribution < -0.4 is 5.32 Å². The Hall–Kier alpha value is -1.82. The Morgan fingerprint density at radius 3 is 2.30 bits per heavy atom. The second kappa shape index (κ2) is 5.66. The van der Waals surface area contributed by atoms with Crippen molar-refractivity contribution < 1.29 is 4.79 Å². The molecule has 0 radical (unpaired) electrons. The average Bonchev–Trinajstić information content (AvgIpc) is 2.40. The third-order valence-electron chi connectivity index (χ3n) is 4.18. The number of nitrogens with one attached hydrogen (secondary N) is 1. The summed E-state index contributed by atoms with van der Waals surface area (Å²) < 4.78 is 0. The van der Waals surface area contributed by atoms with E-state index in [0.29, 0.717) is 11.5 Å². The van der Waals surface area contributed by atoms with Gasteiger partial charge in [-0.05, 0) is 57.6 Å². The summed E-state index contributed by atoms with van der Waals surface area (Å²) in [6.45, 7) is 6.16. The molecule has 1 N–H and O–H groups in total. The predicted molar refractivity (Wildman–Crippen MR) is 79.4 cm³/mol. The van der Waals surface area contributed by atoms with Crippen molar-refractivity contribution in [2.75, 3.05) is 0 Å². The van der Waals surface area contributed by atoms with Gasteiger partial charge in [-0.3, -0.25) is 4.79 Å². The van der Waals surface area contributed by atoms with Crippen LogP contribution in [0.2, 0.25) is 0 Å². The highest BCUT2D eigenvalue weighted by Crippen LogP contribution is 2.31. The first-order chi connectivity index (χ1) is 9.44. The minimum absolute atomic E-state index is 0.132. The van der Waals surface area contributed by atoms with Crippen LogP contribution in [0.1, 0.15) is 54.1 Å². The molecule has 0 saturated heterocycles. The number of amides is 1. The highest BCUT2D eigenvalue weighted by molar-refractivity contribution is 5.95. The lowest BCUT2D eigenvalue weighted by Crippen LogP contribution is -2.49. The Morgan fingerprint density at radius 1 is 1.25 bits per heavy atom. The van der Waals surface area contributed by atoms with Gasteiger partial charge in [-0.2, -0.15) is 5.26 Å². The largest absolute Gasteiger partial charge is 0.334 e. The molecule has 0 aromatic heterocycles. The summed E-state index contributed by atoms with van der Waals surface area (Å²) in [7, 11) is 0. The van der Waals surface area contributed by atoms with Gasteiger partial charge in [0, 0.05) is 5.56 Å². The quantitative estimate of drug-likeness (QED) is 0.894. The van der Waals surface area contributed by atoms with E-state index in [9.17, 15) is 10.1 Å². The highest BCUT2D eigenvalue weighted by atomic mass is 16.1. The van der Waals surface area contributed by atoms with Crippen molar-refractivity contribution in [2.24, 2.45) is 5.92 Å². The number of carbonyl (C=O) groups is 1. The van der Waals surface area contributed by atoms with Crippen molar-refractivity contribution >= 4 is 5.91 Å². The summed E-state index contributed by atoms with van der Waals surface area (Å²) in [5.74, 6) is 0.516. The Balaban J connectivity index is 2.16. The van der Waals surface area contributed by atoms with Crippen molar-refractivity contribution in [2.45, 2.75) is 52.0 Å². The van der Waals surface area contributed by atoms with Crippen molar-refractivity contribution in [3.8, 4) is 6.07 Å². The molecule has 3 heteroatoms. The molecule has 0 bridgehead atoms. The van der Waals surface area contributed by atoms with Crippen LogP contribution in [0, 0.1) is 31.1 Å². The fourth-order valence-electron chi connectivity index (χ4n) is 2.91. The molecule has 2 rings (SSSR count). The van der Waals surface area contributed by atoms with Crippen LogP contribution in [0.5, 0.6) is 0 Å². The number of aryl methyl sites for hydroxylation is 2. The van der Waals surface area contributed by atoms with Crippen LogP contribution >= 0.6 is 0 Å². The standard InChI is InChI=1S/C17H22N2O/c1-12-4-6-17(11-18,7-5-12)19-16(20)15-9-13(2)8-14(3)10-15/h8-10,12H,4-7H2,1-3H3,(H,19,20). The van der Waals surface area contributed by atoms with E-state index < -0.39 is 5.54 Å². The number of benzene rings is 1. The van der Waals surface area contributed by atoms with Crippen LogP contribution in [0.25, 0.3) is 0 Å². The Kier molecular flexibility index (Phi) is 4.13. The average molecular weight is 270 g/mol.